The minimum Gasteiger partial charge on any atom is -0.462 e. The van der Waals surface area contributed by atoms with Crippen LogP contribution in [-0.4, -0.2) is 40.5 Å². The molecule has 4 rings (SSSR count). The number of halogens is 2. The summed E-state index contributed by atoms with van der Waals surface area (Å²) in [5.41, 5.74) is 2.77. The van der Waals surface area contributed by atoms with Crippen molar-refractivity contribution in [1.82, 2.24) is 15.1 Å². The normalized spacial score (nSPS) is 16.9. The summed E-state index contributed by atoms with van der Waals surface area (Å²) in [6.45, 7) is 4.27. The van der Waals surface area contributed by atoms with Crippen molar-refractivity contribution in [1.29, 1.82) is 0 Å². The number of nitrogens with one attached hydrogen (secondary N) is 1. The van der Waals surface area contributed by atoms with Gasteiger partial charge in [0, 0.05) is 12.3 Å². The Kier molecular flexibility index (Phi) is 7.88. The number of aryl methyl sites for hydroxylation is 1. The zero-order chi connectivity index (χ0) is 24.9. The van der Waals surface area contributed by atoms with Crippen molar-refractivity contribution < 1.29 is 14.3 Å². The number of carbonyl (C=O) groups is 2. The Morgan fingerprint density at radius 3 is 2.60 bits per heavy atom. The molecule has 0 radical (unpaired) electrons. The smallest absolute Gasteiger partial charge is 0.343 e. The molecular formula is C26H26Cl2N4O3. The lowest BCUT2D eigenvalue weighted by Gasteiger charge is -2.31. The van der Waals surface area contributed by atoms with Crippen molar-refractivity contribution >= 4 is 46.6 Å². The van der Waals surface area contributed by atoms with E-state index in [9.17, 15) is 9.59 Å². The Morgan fingerprint density at radius 1 is 1.11 bits per heavy atom. The molecule has 1 N–H and O–H groups in total. The Hall–Kier alpha value is -3.16. The zero-order valence-electron chi connectivity index (χ0n) is 19.5. The van der Waals surface area contributed by atoms with Gasteiger partial charge in [0.25, 0.3) is 0 Å². The van der Waals surface area contributed by atoms with Crippen LogP contribution in [0, 0.1) is 5.92 Å². The van der Waals surface area contributed by atoms with Crippen LogP contribution in [0.15, 0.2) is 59.7 Å². The van der Waals surface area contributed by atoms with E-state index in [-0.39, 0.29) is 18.1 Å². The molecule has 0 bridgehead atoms. The van der Waals surface area contributed by atoms with Gasteiger partial charge in [0.1, 0.15) is 11.5 Å². The molecule has 2 unspecified atom stereocenters. The number of aromatic nitrogens is 2. The summed E-state index contributed by atoms with van der Waals surface area (Å²) in [7, 11) is 0. The Labute approximate surface area is 214 Å². The van der Waals surface area contributed by atoms with Crippen molar-refractivity contribution in [3.63, 3.8) is 0 Å². The first-order chi connectivity index (χ1) is 16.9. The molecule has 1 aliphatic rings. The molecule has 0 fully saturated rings. The number of ether oxygens (including phenoxy) is 1. The molecule has 0 saturated heterocycles. The summed E-state index contributed by atoms with van der Waals surface area (Å²) in [6, 6.07) is 14.8. The molecule has 1 amide bonds. The number of hydrogen-bond acceptors (Lipinski definition) is 5. The molecule has 0 spiro atoms. The van der Waals surface area contributed by atoms with Gasteiger partial charge < -0.3 is 10.1 Å². The topological polar surface area (TPSA) is 85.6 Å². The maximum atomic E-state index is 13.4. The molecule has 182 valence electrons. The van der Waals surface area contributed by atoms with Crippen LogP contribution in [-0.2, 0) is 16.0 Å². The summed E-state index contributed by atoms with van der Waals surface area (Å²) >= 11 is 12.5. The fourth-order valence-corrected chi connectivity index (χ4v) is 4.56. The Morgan fingerprint density at radius 2 is 1.89 bits per heavy atom. The van der Waals surface area contributed by atoms with E-state index < -0.39 is 17.9 Å². The summed E-state index contributed by atoms with van der Waals surface area (Å²) in [5, 5.41) is 8.25. The molecule has 0 saturated carbocycles. The van der Waals surface area contributed by atoms with Crippen molar-refractivity contribution in [2.45, 2.75) is 32.7 Å². The second-order valence-electron chi connectivity index (χ2n) is 8.28. The first-order valence-corrected chi connectivity index (χ1v) is 12.2. The third-order valence-corrected chi connectivity index (χ3v) is 6.67. The van der Waals surface area contributed by atoms with Crippen LogP contribution in [0.25, 0.3) is 0 Å². The standard InChI is InChI=1S/C26H26Cl2N4O3/c1-3-35-26(34)19-15-30-32-23(18-11-12-20(27)21(28)14-18)22(16(2)31-24(19)32)25(33)29-13-7-10-17-8-5-4-6-9-17/h4-6,8-9,11-12,14-15,22-23H,3,7,10,13H2,1-2H3,(H,29,33). The number of aliphatic imine (C=N–C) groups is 1. The van der Waals surface area contributed by atoms with Gasteiger partial charge in [0.2, 0.25) is 5.91 Å². The Balaban J connectivity index is 1.62. The van der Waals surface area contributed by atoms with E-state index in [1.165, 1.54) is 11.8 Å². The maximum Gasteiger partial charge on any atom is 0.343 e. The number of hydrogen-bond donors (Lipinski definition) is 1. The average molecular weight is 513 g/mol. The van der Waals surface area contributed by atoms with Crippen LogP contribution in [0.4, 0.5) is 5.82 Å². The van der Waals surface area contributed by atoms with Crippen molar-refractivity contribution in [2.75, 3.05) is 13.2 Å². The van der Waals surface area contributed by atoms with E-state index in [0.29, 0.717) is 28.1 Å². The van der Waals surface area contributed by atoms with Gasteiger partial charge in [-0.15, -0.1) is 0 Å². The number of carbonyl (C=O) groups excluding carboxylic acids is 2. The number of nitrogens with zero attached hydrogens (tertiary/aromatic N) is 3. The molecule has 9 heteroatoms. The van der Waals surface area contributed by atoms with Gasteiger partial charge in [-0.05, 0) is 49.9 Å². The average Bonchev–Trinajstić information content (AvgIpc) is 3.27. The molecule has 3 aromatic rings. The molecule has 1 aromatic heterocycles. The highest BCUT2D eigenvalue weighted by molar-refractivity contribution is 6.42. The molecule has 0 aliphatic carbocycles. The van der Waals surface area contributed by atoms with E-state index in [1.807, 2.05) is 24.3 Å². The summed E-state index contributed by atoms with van der Waals surface area (Å²) in [5.74, 6) is -0.979. The monoisotopic (exact) mass is 512 g/mol. The SMILES string of the molecule is CCOC(=O)c1cnn2c1N=C(C)C(C(=O)NCCCc1ccccc1)C2c1ccc(Cl)c(Cl)c1. The van der Waals surface area contributed by atoms with E-state index in [0.717, 1.165) is 18.4 Å². The van der Waals surface area contributed by atoms with Gasteiger partial charge in [-0.1, -0.05) is 59.6 Å². The number of fused-ring (bicyclic) bond motifs is 1. The molecule has 2 aromatic carbocycles. The summed E-state index contributed by atoms with van der Waals surface area (Å²) in [6.07, 6.45) is 3.09. The lowest BCUT2D eigenvalue weighted by atomic mass is 9.87. The van der Waals surface area contributed by atoms with E-state index in [1.54, 1.807) is 30.7 Å². The highest BCUT2D eigenvalue weighted by Crippen LogP contribution is 2.39. The van der Waals surface area contributed by atoms with E-state index in [4.69, 9.17) is 27.9 Å². The van der Waals surface area contributed by atoms with Crippen molar-refractivity contribution in [2.24, 2.45) is 10.9 Å². The largest absolute Gasteiger partial charge is 0.462 e. The van der Waals surface area contributed by atoms with Gasteiger partial charge in [-0.25, -0.2) is 14.5 Å². The van der Waals surface area contributed by atoms with Gasteiger partial charge in [-0.2, -0.15) is 5.10 Å². The molecule has 1 aliphatic heterocycles. The van der Waals surface area contributed by atoms with Gasteiger partial charge >= 0.3 is 5.97 Å². The highest BCUT2D eigenvalue weighted by atomic mass is 35.5. The number of benzene rings is 2. The molecular weight excluding hydrogens is 487 g/mol. The number of rotatable bonds is 8. The lowest BCUT2D eigenvalue weighted by molar-refractivity contribution is -0.123. The molecule has 35 heavy (non-hydrogen) atoms. The van der Waals surface area contributed by atoms with Crippen LogP contribution in [0.1, 0.15) is 47.8 Å². The van der Waals surface area contributed by atoms with Crippen molar-refractivity contribution in [3.05, 3.63) is 81.5 Å². The van der Waals surface area contributed by atoms with Crippen LogP contribution >= 0.6 is 23.2 Å². The van der Waals surface area contributed by atoms with Gasteiger partial charge in [0.15, 0.2) is 5.82 Å². The molecule has 2 heterocycles. The summed E-state index contributed by atoms with van der Waals surface area (Å²) < 4.78 is 6.75. The van der Waals surface area contributed by atoms with Crippen LogP contribution in [0.3, 0.4) is 0 Å². The third-order valence-electron chi connectivity index (χ3n) is 5.93. The number of amides is 1. The first kappa shape index (κ1) is 24.9. The van der Waals surface area contributed by atoms with Crippen LogP contribution < -0.4 is 5.32 Å². The highest BCUT2D eigenvalue weighted by Gasteiger charge is 2.40. The zero-order valence-corrected chi connectivity index (χ0v) is 21.0. The van der Waals surface area contributed by atoms with Gasteiger partial charge in [0.05, 0.1) is 28.9 Å². The Bertz CT molecular complexity index is 1260. The quantitative estimate of drug-likeness (QED) is 0.322. The predicted molar refractivity (Wildman–Crippen MR) is 137 cm³/mol. The second kappa shape index (κ2) is 11.1. The minimum absolute atomic E-state index is 0.172. The number of esters is 1. The predicted octanol–water partition coefficient (Wildman–Crippen LogP) is 5.43. The van der Waals surface area contributed by atoms with Crippen LogP contribution in [0.5, 0.6) is 0 Å². The van der Waals surface area contributed by atoms with E-state index >= 15 is 0 Å². The summed E-state index contributed by atoms with van der Waals surface area (Å²) in [4.78, 5) is 30.5. The van der Waals surface area contributed by atoms with Gasteiger partial charge in [-0.3, -0.25) is 4.79 Å². The molecule has 2 atom stereocenters. The molecule has 7 nitrogen and oxygen atoms in total. The maximum absolute atomic E-state index is 13.4. The fraction of sp³-hybridized carbons (Fsp3) is 0.308. The minimum atomic E-state index is -0.647. The fourth-order valence-electron chi connectivity index (χ4n) is 4.25. The first-order valence-electron chi connectivity index (χ1n) is 11.5. The van der Waals surface area contributed by atoms with Crippen LogP contribution in [0.2, 0.25) is 10.0 Å². The van der Waals surface area contributed by atoms with E-state index in [2.05, 4.69) is 27.5 Å². The van der Waals surface area contributed by atoms with Crippen molar-refractivity contribution in [3.8, 4) is 0 Å². The lowest BCUT2D eigenvalue weighted by Crippen LogP contribution is -2.42. The third kappa shape index (κ3) is 5.41. The second-order valence-corrected chi connectivity index (χ2v) is 9.09.